The van der Waals surface area contributed by atoms with Crippen molar-refractivity contribution in [3.05, 3.63) is 10.6 Å². The van der Waals surface area contributed by atoms with Crippen LogP contribution in [0.25, 0.3) is 0 Å². The van der Waals surface area contributed by atoms with Crippen LogP contribution in [0.2, 0.25) is 0 Å². The fraction of sp³-hybridized carbons (Fsp3) is 0.846. The second-order valence-electron chi connectivity index (χ2n) is 5.97. The number of nitrogens with zero attached hydrogens (tertiary/aromatic N) is 2. The van der Waals surface area contributed by atoms with Gasteiger partial charge in [0.05, 0.1) is 10.6 Å². The van der Waals surface area contributed by atoms with Gasteiger partial charge < -0.3 is 5.73 Å². The Hall–Kier alpha value is -0.480. The van der Waals surface area contributed by atoms with E-state index in [-0.39, 0.29) is 11.5 Å². The zero-order valence-electron chi connectivity index (χ0n) is 11.7. The summed E-state index contributed by atoms with van der Waals surface area (Å²) in [7, 11) is 0. The topological polar surface area (TPSA) is 51.8 Å². The Morgan fingerprint density at radius 3 is 2.53 bits per heavy atom. The van der Waals surface area contributed by atoms with E-state index in [9.17, 15) is 0 Å². The highest BCUT2D eigenvalue weighted by Gasteiger charge is 2.26. The fourth-order valence-electron chi connectivity index (χ4n) is 2.11. The van der Waals surface area contributed by atoms with Crippen molar-refractivity contribution >= 4 is 11.5 Å². The van der Waals surface area contributed by atoms with Crippen LogP contribution in [0.15, 0.2) is 0 Å². The van der Waals surface area contributed by atoms with Crippen LogP contribution in [0, 0.1) is 5.92 Å². The summed E-state index contributed by atoms with van der Waals surface area (Å²) in [4.78, 5) is 1.17. The van der Waals surface area contributed by atoms with Gasteiger partial charge in [-0.3, -0.25) is 0 Å². The molecule has 2 unspecified atom stereocenters. The molecule has 0 aliphatic carbocycles. The first kappa shape index (κ1) is 14.6. The minimum absolute atomic E-state index is 0.0357. The average Bonchev–Trinajstić information content (AvgIpc) is 2.65. The Morgan fingerprint density at radius 2 is 2.00 bits per heavy atom. The largest absolute Gasteiger partial charge is 0.323 e. The van der Waals surface area contributed by atoms with E-state index < -0.39 is 0 Å². The van der Waals surface area contributed by atoms with Crippen LogP contribution in [0.3, 0.4) is 0 Å². The van der Waals surface area contributed by atoms with Crippen molar-refractivity contribution in [3.8, 4) is 0 Å². The number of aromatic nitrogens is 2. The van der Waals surface area contributed by atoms with Crippen molar-refractivity contribution in [3.63, 3.8) is 0 Å². The molecule has 0 fully saturated rings. The lowest BCUT2D eigenvalue weighted by Crippen LogP contribution is -2.20. The molecule has 1 rings (SSSR count). The molecule has 0 saturated carbocycles. The lowest BCUT2D eigenvalue weighted by Gasteiger charge is -2.21. The monoisotopic (exact) mass is 255 g/mol. The number of hydrogen-bond donors (Lipinski definition) is 1. The van der Waals surface area contributed by atoms with Crippen LogP contribution >= 0.6 is 11.5 Å². The van der Waals surface area contributed by atoms with E-state index in [1.54, 1.807) is 0 Å². The third-order valence-corrected chi connectivity index (χ3v) is 3.85. The molecule has 1 heterocycles. The quantitative estimate of drug-likeness (QED) is 0.873. The summed E-state index contributed by atoms with van der Waals surface area (Å²) in [5, 5.41) is 4.25. The first-order chi connectivity index (χ1) is 7.86. The van der Waals surface area contributed by atoms with Crippen molar-refractivity contribution in [1.82, 2.24) is 9.59 Å². The molecular formula is C13H25N3S. The fourth-order valence-corrected chi connectivity index (χ4v) is 2.99. The van der Waals surface area contributed by atoms with Gasteiger partial charge in [0.25, 0.3) is 0 Å². The van der Waals surface area contributed by atoms with Gasteiger partial charge in [-0.2, -0.15) is 0 Å². The lowest BCUT2D eigenvalue weighted by molar-refractivity contribution is 0.437. The molecular weight excluding hydrogens is 230 g/mol. The highest BCUT2D eigenvalue weighted by Crippen LogP contribution is 2.32. The summed E-state index contributed by atoms with van der Waals surface area (Å²) in [5.41, 5.74) is 7.40. The summed E-state index contributed by atoms with van der Waals surface area (Å²) >= 11 is 1.46. The van der Waals surface area contributed by atoms with E-state index in [0.29, 0.717) is 5.92 Å². The molecule has 0 saturated heterocycles. The molecule has 17 heavy (non-hydrogen) atoms. The van der Waals surface area contributed by atoms with Crippen LogP contribution in [-0.2, 0) is 5.41 Å². The van der Waals surface area contributed by atoms with Crippen molar-refractivity contribution in [2.45, 2.75) is 65.3 Å². The molecule has 0 amide bonds. The minimum Gasteiger partial charge on any atom is -0.323 e. The highest BCUT2D eigenvalue weighted by atomic mass is 32.1. The Balaban J connectivity index is 2.76. The Morgan fingerprint density at radius 1 is 1.35 bits per heavy atom. The Bertz CT molecular complexity index is 341. The van der Waals surface area contributed by atoms with Crippen LogP contribution in [0.4, 0.5) is 0 Å². The summed E-state index contributed by atoms with van der Waals surface area (Å²) in [6, 6.07) is 0.0887. The zero-order valence-corrected chi connectivity index (χ0v) is 12.5. The maximum Gasteiger partial charge on any atom is 0.0856 e. The SMILES string of the molecule is CCCC(C)CC(N)c1snnc1C(C)(C)C. The highest BCUT2D eigenvalue weighted by molar-refractivity contribution is 7.05. The van der Waals surface area contributed by atoms with Gasteiger partial charge in [0.2, 0.25) is 0 Å². The van der Waals surface area contributed by atoms with Gasteiger partial charge in [0.1, 0.15) is 0 Å². The van der Waals surface area contributed by atoms with Crippen molar-refractivity contribution < 1.29 is 0 Å². The summed E-state index contributed by atoms with van der Waals surface area (Å²) in [5.74, 6) is 0.671. The molecule has 98 valence electrons. The zero-order chi connectivity index (χ0) is 13.1. The van der Waals surface area contributed by atoms with Gasteiger partial charge in [0, 0.05) is 11.5 Å². The molecule has 2 atom stereocenters. The molecule has 0 aliphatic heterocycles. The van der Waals surface area contributed by atoms with Crippen molar-refractivity contribution in [1.29, 1.82) is 0 Å². The number of nitrogens with two attached hydrogens (primary N) is 1. The first-order valence-corrected chi connectivity index (χ1v) is 7.21. The first-order valence-electron chi connectivity index (χ1n) is 6.44. The maximum atomic E-state index is 6.30. The molecule has 0 aliphatic rings. The van der Waals surface area contributed by atoms with E-state index in [1.807, 2.05) is 0 Å². The Kier molecular flexibility index (Phi) is 5.07. The van der Waals surface area contributed by atoms with Gasteiger partial charge in [-0.25, -0.2) is 0 Å². The summed E-state index contributed by atoms with van der Waals surface area (Å²) < 4.78 is 4.07. The molecule has 0 aromatic carbocycles. The molecule has 3 nitrogen and oxygen atoms in total. The van der Waals surface area contributed by atoms with E-state index in [1.165, 1.54) is 29.3 Å². The van der Waals surface area contributed by atoms with Crippen LogP contribution in [0.1, 0.15) is 70.5 Å². The average molecular weight is 255 g/mol. The predicted molar refractivity (Wildman–Crippen MR) is 74.2 cm³/mol. The second kappa shape index (κ2) is 5.91. The minimum atomic E-state index is 0.0357. The van der Waals surface area contributed by atoms with Crippen molar-refractivity contribution in [2.24, 2.45) is 11.7 Å². The second-order valence-corrected chi connectivity index (χ2v) is 6.76. The van der Waals surface area contributed by atoms with E-state index in [4.69, 9.17) is 5.73 Å². The van der Waals surface area contributed by atoms with E-state index in [0.717, 1.165) is 12.1 Å². The molecule has 0 bridgehead atoms. The lowest BCUT2D eigenvalue weighted by atomic mass is 9.88. The van der Waals surface area contributed by atoms with Crippen LogP contribution < -0.4 is 5.73 Å². The van der Waals surface area contributed by atoms with Gasteiger partial charge in [-0.05, 0) is 23.9 Å². The summed E-state index contributed by atoms with van der Waals surface area (Å²) in [6.45, 7) is 11.0. The van der Waals surface area contributed by atoms with E-state index in [2.05, 4.69) is 44.2 Å². The third-order valence-electron chi connectivity index (χ3n) is 3.00. The molecule has 2 N–H and O–H groups in total. The van der Waals surface area contributed by atoms with Gasteiger partial charge in [0.15, 0.2) is 0 Å². The molecule has 4 heteroatoms. The summed E-state index contributed by atoms with van der Waals surface area (Å²) in [6.07, 6.45) is 3.49. The molecule has 1 aromatic heterocycles. The standard InChI is InChI=1S/C13H25N3S/c1-6-7-9(2)8-10(14)11-12(13(3,4)5)15-16-17-11/h9-10H,6-8,14H2,1-5H3. The molecule has 1 aromatic rings. The number of hydrogen-bond acceptors (Lipinski definition) is 4. The van der Waals surface area contributed by atoms with E-state index >= 15 is 0 Å². The van der Waals surface area contributed by atoms with Crippen molar-refractivity contribution in [2.75, 3.05) is 0 Å². The van der Waals surface area contributed by atoms with Gasteiger partial charge in [-0.15, -0.1) is 5.10 Å². The molecule has 0 radical (unpaired) electrons. The van der Waals surface area contributed by atoms with Crippen LogP contribution in [-0.4, -0.2) is 9.59 Å². The number of rotatable bonds is 5. The maximum absolute atomic E-state index is 6.30. The predicted octanol–water partition coefficient (Wildman–Crippen LogP) is 3.66. The third kappa shape index (κ3) is 4.03. The molecule has 0 spiro atoms. The van der Waals surface area contributed by atoms with Crippen LogP contribution in [0.5, 0.6) is 0 Å². The van der Waals surface area contributed by atoms with Gasteiger partial charge >= 0.3 is 0 Å². The van der Waals surface area contributed by atoms with Gasteiger partial charge in [-0.1, -0.05) is 51.9 Å². The smallest absolute Gasteiger partial charge is 0.0856 e. The Labute approximate surface area is 109 Å². The normalized spacial score (nSPS) is 15.9.